The van der Waals surface area contributed by atoms with Gasteiger partial charge in [-0.1, -0.05) is 37.3 Å². The minimum Gasteiger partial charge on any atom is -0.462 e. The number of hydrogen-bond acceptors (Lipinski definition) is 3. The number of piperidine rings is 1. The number of ether oxygens (including phenoxy) is 1. The molecule has 2 bridgehead atoms. The van der Waals surface area contributed by atoms with E-state index in [2.05, 4.69) is 18.9 Å². The van der Waals surface area contributed by atoms with Crippen molar-refractivity contribution in [3.05, 3.63) is 35.9 Å². The van der Waals surface area contributed by atoms with Gasteiger partial charge in [0, 0.05) is 12.1 Å². The van der Waals surface area contributed by atoms with Crippen molar-refractivity contribution in [1.82, 2.24) is 4.90 Å². The van der Waals surface area contributed by atoms with Gasteiger partial charge in [0.1, 0.15) is 6.10 Å². The molecule has 114 valence electrons. The number of esters is 1. The van der Waals surface area contributed by atoms with Crippen LogP contribution < -0.4 is 0 Å². The first-order valence-electron chi connectivity index (χ1n) is 8.16. The molecule has 1 aromatic carbocycles. The second-order valence-corrected chi connectivity index (χ2v) is 6.45. The fraction of sp³-hybridized carbons (Fsp3) is 0.611. The van der Waals surface area contributed by atoms with Crippen molar-refractivity contribution in [2.24, 2.45) is 0 Å². The third-order valence-electron chi connectivity index (χ3n) is 5.23. The van der Waals surface area contributed by atoms with Crippen molar-refractivity contribution in [3.8, 4) is 0 Å². The Kier molecular flexibility index (Phi) is 4.29. The molecule has 2 heterocycles. The lowest BCUT2D eigenvalue weighted by atomic mass is 9.96. The minimum atomic E-state index is -0.122. The van der Waals surface area contributed by atoms with Crippen molar-refractivity contribution >= 4 is 5.97 Å². The van der Waals surface area contributed by atoms with Crippen LogP contribution in [-0.4, -0.2) is 36.1 Å². The predicted molar refractivity (Wildman–Crippen MR) is 83.2 cm³/mol. The maximum Gasteiger partial charge on any atom is 0.313 e. The van der Waals surface area contributed by atoms with Crippen molar-refractivity contribution in [2.45, 2.75) is 63.1 Å². The second-order valence-electron chi connectivity index (χ2n) is 6.45. The van der Waals surface area contributed by atoms with Crippen LogP contribution in [0.25, 0.3) is 0 Å². The van der Waals surface area contributed by atoms with Crippen molar-refractivity contribution in [2.75, 3.05) is 7.05 Å². The monoisotopic (exact) mass is 287 g/mol. The van der Waals surface area contributed by atoms with E-state index in [1.54, 1.807) is 0 Å². The van der Waals surface area contributed by atoms with E-state index >= 15 is 0 Å². The molecular weight excluding hydrogens is 262 g/mol. The minimum absolute atomic E-state index is 0.0438. The van der Waals surface area contributed by atoms with E-state index in [1.807, 2.05) is 30.3 Å². The highest BCUT2D eigenvalue weighted by atomic mass is 16.5. The van der Waals surface area contributed by atoms with Crippen LogP contribution in [-0.2, 0) is 9.53 Å². The van der Waals surface area contributed by atoms with E-state index in [0.717, 1.165) is 24.8 Å². The Hall–Kier alpha value is -1.35. The summed E-state index contributed by atoms with van der Waals surface area (Å²) < 4.78 is 5.86. The molecule has 2 aliphatic rings. The molecular formula is C18H25NO2. The molecule has 0 spiro atoms. The summed E-state index contributed by atoms with van der Waals surface area (Å²) in [5.41, 5.74) is 1.07. The number of benzene rings is 1. The molecule has 21 heavy (non-hydrogen) atoms. The van der Waals surface area contributed by atoms with Gasteiger partial charge in [-0.2, -0.15) is 0 Å². The fourth-order valence-electron chi connectivity index (χ4n) is 3.93. The standard InChI is InChI=1S/C18H25NO2/c1-3-17(13-7-5-4-6-8-13)18(20)21-16-11-14-9-10-15(12-16)19(14)2/h4-8,14-17H,3,9-12H2,1-2H3/t14-,15?,16-,17?/m1/s1. The van der Waals surface area contributed by atoms with Crippen LogP contribution >= 0.6 is 0 Å². The zero-order valence-electron chi connectivity index (χ0n) is 13.0. The van der Waals surface area contributed by atoms with Gasteiger partial charge in [0.05, 0.1) is 5.92 Å². The normalized spacial score (nSPS) is 30.1. The molecule has 0 amide bonds. The zero-order chi connectivity index (χ0) is 14.8. The van der Waals surface area contributed by atoms with Gasteiger partial charge in [0.25, 0.3) is 0 Å². The topological polar surface area (TPSA) is 29.5 Å². The third kappa shape index (κ3) is 2.98. The Balaban J connectivity index is 1.63. The van der Waals surface area contributed by atoms with Crippen LogP contribution in [0.4, 0.5) is 0 Å². The Bertz CT molecular complexity index is 473. The quantitative estimate of drug-likeness (QED) is 0.795. The molecule has 0 aliphatic carbocycles. The van der Waals surface area contributed by atoms with Crippen LogP contribution in [0.5, 0.6) is 0 Å². The number of rotatable bonds is 4. The first-order chi connectivity index (χ1) is 10.2. The van der Waals surface area contributed by atoms with E-state index in [-0.39, 0.29) is 18.0 Å². The summed E-state index contributed by atoms with van der Waals surface area (Å²) in [6.45, 7) is 2.05. The number of nitrogens with zero attached hydrogens (tertiary/aromatic N) is 1. The van der Waals surface area contributed by atoms with Crippen LogP contribution in [0.1, 0.15) is 50.5 Å². The van der Waals surface area contributed by atoms with Crippen molar-refractivity contribution in [1.29, 1.82) is 0 Å². The van der Waals surface area contributed by atoms with Crippen LogP contribution in [0.15, 0.2) is 30.3 Å². The number of fused-ring (bicyclic) bond motifs is 2. The first kappa shape index (κ1) is 14.6. The molecule has 3 heteroatoms. The second kappa shape index (κ2) is 6.18. The molecule has 2 unspecified atom stereocenters. The summed E-state index contributed by atoms with van der Waals surface area (Å²) in [6, 6.07) is 11.2. The smallest absolute Gasteiger partial charge is 0.313 e. The fourth-order valence-corrected chi connectivity index (χ4v) is 3.93. The van der Waals surface area contributed by atoms with Gasteiger partial charge in [-0.25, -0.2) is 0 Å². The van der Waals surface area contributed by atoms with Gasteiger partial charge >= 0.3 is 5.97 Å². The van der Waals surface area contributed by atoms with E-state index in [0.29, 0.717) is 12.1 Å². The summed E-state index contributed by atoms with van der Waals surface area (Å²) in [5, 5.41) is 0. The summed E-state index contributed by atoms with van der Waals surface area (Å²) in [5.74, 6) is -0.166. The van der Waals surface area contributed by atoms with Gasteiger partial charge < -0.3 is 9.64 Å². The Morgan fingerprint density at radius 1 is 1.24 bits per heavy atom. The maximum atomic E-state index is 12.5. The number of hydrogen-bond donors (Lipinski definition) is 0. The number of carbonyl (C=O) groups excluding carboxylic acids is 1. The first-order valence-corrected chi connectivity index (χ1v) is 8.16. The van der Waals surface area contributed by atoms with Crippen LogP contribution in [0.3, 0.4) is 0 Å². The van der Waals surface area contributed by atoms with Crippen molar-refractivity contribution in [3.63, 3.8) is 0 Å². The molecule has 2 aliphatic heterocycles. The summed E-state index contributed by atoms with van der Waals surface area (Å²) >= 11 is 0. The van der Waals surface area contributed by atoms with Crippen LogP contribution in [0.2, 0.25) is 0 Å². The largest absolute Gasteiger partial charge is 0.462 e. The lowest BCUT2D eigenvalue weighted by molar-refractivity contribution is -0.154. The van der Waals surface area contributed by atoms with Gasteiger partial charge in [0.2, 0.25) is 0 Å². The average Bonchev–Trinajstić information content (AvgIpc) is 2.72. The lowest BCUT2D eigenvalue weighted by Crippen LogP contribution is -2.43. The molecule has 0 radical (unpaired) electrons. The molecule has 2 saturated heterocycles. The van der Waals surface area contributed by atoms with Crippen molar-refractivity contribution < 1.29 is 9.53 Å². The molecule has 2 fully saturated rings. The molecule has 3 nitrogen and oxygen atoms in total. The number of carbonyl (C=O) groups is 1. The summed E-state index contributed by atoms with van der Waals surface area (Å²) in [7, 11) is 2.21. The Morgan fingerprint density at radius 2 is 1.86 bits per heavy atom. The van der Waals surface area contributed by atoms with Gasteiger partial charge in [-0.3, -0.25) is 4.79 Å². The molecule has 4 atom stereocenters. The molecule has 0 N–H and O–H groups in total. The predicted octanol–water partition coefficient (Wildman–Crippen LogP) is 3.35. The van der Waals surface area contributed by atoms with Gasteiger partial charge in [0.15, 0.2) is 0 Å². The Morgan fingerprint density at radius 3 is 2.43 bits per heavy atom. The Labute approximate surface area is 127 Å². The molecule has 1 aromatic rings. The maximum absolute atomic E-state index is 12.5. The highest BCUT2D eigenvalue weighted by Crippen LogP contribution is 2.36. The van der Waals surface area contributed by atoms with E-state index in [1.165, 1.54) is 12.8 Å². The summed E-state index contributed by atoms with van der Waals surface area (Å²) in [4.78, 5) is 15.0. The zero-order valence-corrected chi connectivity index (χ0v) is 13.0. The average molecular weight is 287 g/mol. The SMILES string of the molecule is CCC(C(=O)O[C@H]1CC2CC[C@H](C1)N2C)c1ccccc1. The molecule has 0 saturated carbocycles. The highest BCUT2D eigenvalue weighted by molar-refractivity contribution is 5.78. The van der Waals surface area contributed by atoms with Gasteiger partial charge in [-0.05, 0) is 44.7 Å². The molecule has 3 rings (SSSR count). The van der Waals surface area contributed by atoms with Gasteiger partial charge in [-0.15, -0.1) is 0 Å². The van der Waals surface area contributed by atoms with E-state index in [4.69, 9.17) is 4.74 Å². The van der Waals surface area contributed by atoms with E-state index in [9.17, 15) is 4.79 Å². The van der Waals surface area contributed by atoms with E-state index < -0.39 is 0 Å². The third-order valence-corrected chi connectivity index (χ3v) is 5.23. The highest BCUT2D eigenvalue weighted by Gasteiger charge is 2.40. The lowest BCUT2D eigenvalue weighted by Gasteiger charge is -2.36. The van der Waals surface area contributed by atoms with Crippen LogP contribution in [0, 0.1) is 0 Å². The summed E-state index contributed by atoms with van der Waals surface area (Å²) in [6.07, 6.45) is 5.43. The molecule has 0 aromatic heterocycles.